The van der Waals surface area contributed by atoms with Gasteiger partial charge in [0.25, 0.3) is 5.56 Å². The molecule has 1 heterocycles. The van der Waals surface area contributed by atoms with Crippen LogP contribution in [0, 0.1) is 22.9 Å². The summed E-state index contributed by atoms with van der Waals surface area (Å²) < 4.78 is 14.6. The third kappa shape index (κ3) is 3.35. The van der Waals surface area contributed by atoms with Crippen LogP contribution < -0.4 is 5.56 Å². The number of nitrogens with one attached hydrogen (secondary N) is 1. The number of rotatable bonds is 5. The Morgan fingerprint density at radius 3 is 2.40 bits per heavy atom. The molecule has 25 heavy (non-hydrogen) atoms. The fourth-order valence-corrected chi connectivity index (χ4v) is 2.94. The fraction of sp³-hybridized carbons (Fsp3) is 0.167. The highest BCUT2D eigenvalue weighted by atomic mass is 19.1. The van der Waals surface area contributed by atoms with Crippen molar-refractivity contribution in [2.45, 2.75) is 12.8 Å². The molecule has 0 aliphatic heterocycles. The Labute approximate surface area is 142 Å². The first kappa shape index (κ1) is 16.6. The van der Waals surface area contributed by atoms with Crippen LogP contribution in [0.25, 0.3) is 5.69 Å². The Hall–Kier alpha value is -3.22. The molecule has 0 spiro atoms. The third-order valence-electron chi connectivity index (χ3n) is 4.08. The topological polar surface area (TPSA) is 80.9 Å². The maximum absolute atomic E-state index is 13.2. The zero-order valence-electron chi connectivity index (χ0n) is 13.5. The van der Waals surface area contributed by atoms with Gasteiger partial charge in [0.1, 0.15) is 5.82 Å². The Morgan fingerprint density at radius 1 is 1.16 bits per heavy atom. The summed E-state index contributed by atoms with van der Waals surface area (Å²) in [5.41, 5.74) is 1.68. The van der Waals surface area contributed by atoms with Gasteiger partial charge in [0.2, 0.25) is 6.54 Å². The summed E-state index contributed by atoms with van der Waals surface area (Å²) in [6.07, 6.45) is 0. The van der Waals surface area contributed by atoms with Crippen LogP contribution in [0.5, 0.6) is 0 Å². The largest absolute Gasteiger partial charge is 0.295 e. The summed E-state index contributed by atoms with van der Waals surface area (Å²) >= 11 is 0. The van der Waals surface area contributed by atoms with Gasteiger partial charge in [-0.15, -0.1) is 0 Å². The second-order valence-electron chi connectivity index (χ2n) is 5.75. The van der Waals surface area contributed by atoms with Crippen molar-refractivity contribution in [2.24, 2.45) is 0 Å². The van der Waals surface area contributed by atoms with Gasteiger partial charge in [-0.2, -0.15) is 0 Å². The van der Waals surface area contributed by atoms with Crippen molar-refractivity contribution in [3.05, 3.63) is 97.7 Å². The van der Waals surface area contributed by atoms with Gasteiger partial charge in [-0.05, 0) is 36.8 Å². The van der Waals surface area contributed by atoms with Crippen LogP contribution in [0.3, 0.4) is 0 Å². The van der Waals surface area contributed by atoms with E-state index in [0.29, 0.717) is 22.5 Å². The molecular weight excluding hydrogens is 325 g/mol. The van der Waals surface area contributed by atoms with Crippen molar-refractivity contribution in [1.29, 1.82) is 0 Å². The molecule has 3 aromatic rings. The van der Waals surface area contributed by atoms with Gasteiger partial charge in [0.15, 0.2) is 0 Å². The molecule has 6 nitrogen and oxygen atoms in total. The van der Waals surface area contributed by atoms with Crippen LogP contribution in [0.15, 0.2) is 59.4 Å². The van der Waals surface area contributed by atoms with E-state index in [1.165, 1.54) is 28.9 Å². The molecule has 0 bridgehead atoms. The van der Waals surface area contributed by atoms with Gasteiger partial charge in [-0.25, -0.2) is 9.07 Å². The molecule has 0 aliphatic carbocycles. The number of benzene rings is 2. The van der Waals surface area contributed by atoms with Crippen molar-refractivity contribution in [2.75, 3.05) is 6.54 Å². The Bertz CT molecular complexity index is 946. The van der Waals surface area contributed by atoms with Crippen molar-refractivity contribution >= 4 is 0 Å². The molecule has 1 atom stereocenters. The number of aromatic nitrogens is 2. The lowest BCUT2D eigenvalue weighted by atomic mass is 9.91. The molecular formula is C18H16FN3O3. The van der Waals surface area contributed by atoms with Crippen molar-refractivity contribution in [3.63, 3.8) is 0 Å². The van der Waals surface area contributed by atoms with Gasteiger partial charge in [-0.1, -0.05) is 30.3 Å². The highest BCUT2D eigenvalue weighted by Crippen LogP contribution is 2.25. The Kier molecular flexibility index (Phi) is 4.47. The van der Waals surface area contributed by atoms with Gasteiger partial charge in [0.05, 0.1) is 17.2 Å². The smallest absolute Gasteiger partial charge is 0.275 e. The maximum atomic E-state index is 13.2. The van der Waals surface area contributed by atoms with Gasteiger partial charge < -0.3 is 0 Å². The van der Waals surface area contributed by atoms with E-state index in [0.717, 1.165) is 0 Å². The maximum Gasteiger partial charge on any atom is 0.275 e. The predicted molar refractivity (Wildman–Crippen MR) is 91.2 cm³/mol. The van der Waals surface area contributed by atoms with Crippen molar-refractivity contribution in [3.8, 4) is 5.69 Å². The number of aromatic amines is 1. The minimum Gasteiger partial charge on any atom is -0.295 e. The highest BCUT2D eigenvalue weighted by Gasteiger charge is 2.27. The highest BCUT2D eigenvalue weighted by molar-refractivity contribution is 5.38. The van der Waals surface area contributed by atoms with Crippen LogP contribution >= 0.6 is 0 Å². The zero-order valence-corrected chi connectivity index (χ0v) is 13.5. The number of para-hydroxylation sites is 1. The van der Waals surface area contributed by atoms with Crippen LogP contribution in [0.2, 0.25) is 0 Å². The Morgan fingerprint density at radius 2 is 1.80 bits per heavy atom. The molecule has 0 saturated carbocycles. The first-order chi connectivity index (χ1) is 12.0. The quantitative estimate of drug-likeness (QED) is 0.572. The lowest BCUT2D eigenvalue weighted by Crippen LogP contribution is -2.23. The van der Waals surface area contributed by atoms with Crippen LogP contribution in [0.1, 0.15) is 22.7 Å². The molecule has 7 heteroatoms. The average Bonchev–Trinajstić information content (AvgIpc) is 2.89. The van der Waals surface area contributed by atoms with E-state index in [-0.39, 0.29) is 5.56 Å². The van der Waals surface area contributed by atoms with E-state index in [4.69, 9.17) is 0 Å². The number of hydrogen-bond donors (Lipinski definition) is 1. The van der Waals surface area contributed by atoms with Crippen molar-refractivity contribution in [1.82, 2.24) is 9.78 Å². The Balaban J connectivity index is 2.13. The van der Waals surface area contributed by atoms with Crippen LogP contribution in [-0.2, 0) is 0 Å². The lowest BCUT2D eigenvalue weighted by molar-refractivity contribution is -0.481. The number of hydrogen-bond acceptors (Lipinski definition) is 3. The van der Waals surface area contributed by atoms with Gasteiger partial charge >= 0.3 is 0 Å². The third-order valence-corrected chi connectivity index (χ3v) is 4.08. The predicted octanol–water partition coefficient (Wildman–Crippen LogP) is 3.02. The monoisotopic (exact) mass is 341 g/mol. The van der Waals surface area contributed by atoms with Crippen LogP contribution in [-0.4, -0.2) is 21.2 Å². The average molecular weight is 341 g/mol. The number of H-pyrrole nitrogens is 1. The standard InChI is InChI=1S/C18H16FN3O3/c1-12-17(18(23)22(20-12)15-5-3-2-4-6-15)16(11-21(24)25)13-7-9-14(19)10-8-13/h2-10,16,20H,11H2,1H3/t16-/m0/s1. The summed E-state index contributed by atoms with van der Waals surface area (Å²) in [6.45, 7) is 1.25. The lowest BCUT2D eigenvalue weighted by Gasteiger charge is -2.12. The summed E-state index contributed by atoms with van der Waals surface area (Å²) in [5.74, 6) is -1.19. The summed E-state index contributed by atoms with van der Waals surface area (Å²) in [5, 5.41) is 14.1. The SMILES string of the molecule is Cc1[nH]n(-c2ccccc2)c(=O)c1[C@@H](C[N+](=O)[O-])c1ccc(F)cc1. The molecule has 0 amide bonds. The van der Waals surface area contributed by atoms with E-state index in [2.05, 4.69) is 5.10 Å². The van der Waals surface area contributed by atoms with E-state index < -0.39 is 23.2 Å². The van der Waals surface area contributed by atoms with Gasteiger partial charge in [0, 0.05) is 10.6 Å². The van der Waals surface area contributed by atoms with E-state index in [9.17, 15) is 19.3 Å². The van der Waals surface area contributed by atoms with E-state index >= 15 is 0 Å². The summed E-state index contributed by atoms with van der Waals surface area (Å²) in [6, 6.07) is 14.4. The molecule has 0 radical (unpaired) electrons. The number of nitro groups is 1. The molecule has 128 valence electrons. The van der Waals surface area contributed by atoms with Gasteiger partial charge in [-0.3, -0.25) is 20.0 Å². The van der Waals surface area contributed by atoms with E-state index in [1.807, 2.05) is 6.07 Å². The number of halogens is 1. The minimum absolute atomic E-state index is 0.312. The summed E-state index contributed by atoms with van der Waals surface area (Å²) in [4.78, 5) is 23.6. The first-order valence-electron chi connectivity index (χ1n) is 7.71. The molecule has 1 N–H and O–H groups in total. The molecule has 3 rings (SSSR count). The first-order valence-corrected chi connectivity index (χ1v) is 7.71. The number of aryl methyl sites for hydroxylation is 1. The molecule has 1 aromatic heterocycles. The summed E-state index contributed by atoms with van der Waals surface area (Å²) in [7, 11) is 0. The van der Waals surface area contributed by atoms with Crippen molar-refractivity contribution < 1.29 is 9.31 Å². The second kappa shape index (κ2) is 6.72. The molecule has 0 unspecified atom stereocenters. The molecule has 0 saturated heterocycles. The minimum atomic E-state index is -0.760. The number of nitrogens with zero attached hydrogens (tertiary/aromatic N) is 2. The second-order valence-corrected chi connectivity index (χ2v) is 5.75. The normalized spacial score (nSPS) is 12.1. The molecule has 0 fully saturated rings. The molecule has 0 aliphatic rings. The van der Waals surface area contributed by atoms with E-state index in [1.54, 1.807) is 31.2 Å². The molecule has 2 aromatic carbocycles. The van der Waals surface area contributed by atoms with Crippen LogP contribution in [0.4, 0.5) is 4.39 Å². The zero-order chi connectivity index (χ0) is 18.0. The fourth-order valence-electron chi connectivity index (χ4n) is 2.94.